The van der Waals surface area contributed by atoms with Crippen molar-refractivity contribution in [3.05, 3.63) is 150 Å². The Morgan fingerprint density at radius 3 is 1.05 bits per heavy atom. The van der Waals surface area contributed by atoms with Crippen molar-refractivity contribution in [1.29, 1.82) is 0 Å². The lowest BCUT2D eigenvalue weighted by atomic mass is 9.77. The Kier molecular flexibility index (Phi) is 8.53. The number of alkyl halides is 12. The normalized spacial score (nSPS) is 13.0. The van der Waals surface area contributed by atoms with E-state index in [0.29, 0.717) is 21.5 Å². The molecule has 13 heteroatoms. The molecule has 1 N–H and O–H groups in total. The summed E-state index contributed by atoms with van der Waals surface area (Å²) in [6.07, 6.45) is -19.0. The highest BCUT2D eigenvalue weighted by Gasteiger charge is 2.35. The van der Waals surface area contributed by atoms with Crippen LogP contribution in [0.2, 0.25) is 0 Å². The second kappa shape index (κ2) is 12.9. The molecule has 0 aliphatic carbocycles. The van der Waals surface area contributed by atoms with Gasteiger partial charge in [-0.3, -0.25) is 0 Å². The number of phenolic OH excluding ortho intramolecular Hbond substituents is 1. The van der Waals surface area contributed by atoms with Gasteiger partial charge < -0.3 is 5.11 Å². The third-order valence-corrected chi connectivity index (χ3v) is 10.1. The first kappa shape index (κ1) is 37.7. The lowest BCUT2D eigenvalue weighted by Gasteiger charge is -2.26. The summed E-state index contributed by atoms with van der Waals surface area (Å²) in [7, 11) is 0. The minimum atomic E-state index is -4.77. The van der Waals surface area contributed by atoms with E-state index in [1.165, 1.54) is 12.1 Å². The van der Waals surface area contributed by atoms with Crippen molar-refractivity contribution in [1.82, 2.24) is 0 Å². The molecule has 0 heterocycles. The fourth-order valence-electron chi connectivity index (χ4n) is 7.53. The Hall–Kier alpha value is -6.24. The number of rotatable bonds is 4. The first-order chi connectivity index (χ1) is 26.7. The van der Waals surface area contributed by atoms with Gasteiger partial charge in [0.25, 0.3) is 0 Å². The zero-order valence-electron chi connectivity index (χ0n) is 28.6. The van der Waals surface area contributed by atoms with E-state index in [4.69, 9.17) is 0 Å². The van der Waals surface area contributed by atoms with Gasteiger partial charge in [-0.25, -0.2) is 0 Å². The van der Waals surface area contributed by atoms with E-state index in [1.54, 1.807) is 30.3 Å². The van der Waals surface area contributed by atoms with Gasteiger partial charge in [0.1, 0.15) is 5.75 Å². The van der Waals surface area contributed by atoms with Crippen molar-refractivity contribution < 1.29 is 57.8 Å². The van der Waals surface area contributed by atoms with E-state index in [-0.39, 0.29) is 55.3 Å². The molecule has 0 spiro atoms. The molecular weight excluding hydrogens is 772 g/mol. The third-order valence-electron chi connectivity index (χ3n) is 10.1. The summed E-state index contributed by atoms with van der Waals surface area (Å²) in [5, 5.41) is 14.6. The summed E-state index contributed by atoms with van der Waals surface area (Å²) in [5.41, 5.74) is -3.36. The van der Waals surface area contributed by atoms with Crippen molar-refractivity contribution in [3.8, 4) is 50.3 Å². The molecule has 0 aromatic heterocycles. The van der Waals surface area contributed by atoms with Gasteiger partial charge in [0.15, 0.2) is 0 Å². The molecule has 288 valence electrons. The SMILES string of the molecule is Oc1c(-c2ccc(C(F)(F)F)cc2)c2ccc3cccc4c(-c5ccc(C(F)(F)F)cc5)c(-c5ccc(C(F)(F)F)cc5)c(c1-c1ccc(C(F)(F)F)cc1)c2c34. The lowest BCUT2D eigenvalue weighted by molar-refractivity contribution is -0.138. The Morgan fingerprint density at radius 1 is 0.298 bits per heavy atom. The second-order valence-corrected chi connectivity index (χ2v) is 13.4. The van der Waals surface area contributed by atoms with Crippen LogP contribution in [-0.4, -0.2) is 5.11 Å². The van der Waals surface area contributed by atoms with Gasteiger partial charge in [-0.2, -0.15) is 52.7 Å². The average molecular weight is 795 g/mol. The summed E-state index contributed by atoms with van der Waals surface area (Å²) < 4.78 is 165. The summed E-state index contributed by atoms with van der Waals surface area (Å²) >= 11 is 0. The highest BCUT2D eigenvalue weighted by atomic mass is 19.4. The van der Waals surface area contributed by atoms with Crippen LogP contribution in [0.15, 0.2) is 127 Å². The molecule has 0 aliphatic rings. The molecule has 0 saturated heterocycles. The van der Waals surface area contributed by atoms with Gasteiger partial charge in [0.2, 0.25) is 0 Å². The van der Waals surface area contributed by atoms with E-state index in [9.17, 15) is 57.8 Å². The number of phenols is 1. The van der Waals surface area contributed by atoms with Crippen LogP contribution in [-0.2, 0) is 24.7 Å². The maximum atomic E-state index is 13.8. The Bertz CT molecular complexity index is 2790. The van der Waals surface area contributed by atoms with Crippen LogP contribution >= 0.6 is 0 Å². The summed E-state index contributed by atoms with van der Waals surface area (Å²) in [6, 6.07) is 23.9. The molecule has 57 heavy (non-hydrogen) atoms. The number of hydrogen-bond acceptors (Lipinski definition) is 1. The van der Waals surface area contributed by atoms with E-state index in [0.717, 1.165) is 84.9 Å². The van der Waals surface area contributed by atoms with Gasteiger partial charge in [-0.1, -0.05) is 78.9 Å². The van der Waals surface area contributed by atoms with Crippen molar-refractivity contribution in [3.63, 3.8) is 0 Å². The molecule has 0 radical (unpaired) electrons. The number of aromatic hydroxyl groups is 1. The molecule has 8 aromatic rings. The van der Waals surface area contributed by atoms with E-state index in [1.807, 2.05) is 0 Å². The molecule has 0 amide bonds. The zero-order valence-corrected chi connectivity index (χ0v) is 28.6. The fraction of sp³-hybridized carbons (Fsp3) is 0.0909. The van der Waals surface area contributed by atoms with Crippen LogP contribution in [0.4, 0.5) is 52.7 Å². The molecular formula is C44H22F12O. The van der Waals surface area contributed by atoms with Gasteiger partial charge in [0.05, 0.1) is 22.3 Å². The third kappa shape index (κ3) is 6.44. The molecule has 8 aromatic carbocycles. The molecule has 0 aliphatic heterocycles. The maximum absolute atomic E-state index is 13.8. The maximum Gasteiger partial charge on any atom is 0.416 e. The highest BCUT2D eigenvalue weighted by Crippen LogP contribution is 2.56. The van der Waals surface area contributed by atoms with Crippen LogP contribution in [0.5, 0.6) is 5.75 Å². The Labute approximate surface area is 314 Å². The van der Waals surface area contributed by atoms with Crippen LogP contribution in [0, 0.1) is 0 Å². The minimum absolute atomic E-state index is 0.00173. The largest absolute Gasteiger partial charge is 0.507 e. The highest BCUT2D eigenvalue weighted by molar-refractivity contribution is 6.36. The van der Waals surface area contributed by atoms with Crippen molar-refractivity contribution in [2.45, 2.75) is 24.7 Å². The zero-order chi connectivity index (χ0) is 40.8. The van der Waals surface area contributed by atoms with Crippen LogP contribution in [0.3, 0.4) is 0 Å². The van der Waals surface area contributed by atoms with E-state index < -0.39 is 52.7 Å². The van der Waals surface area contributed by atoms with Crippen LogP contribution in [0.1, 0.15) is 22.3 Å². The van der Waals surface area contributed by atoms with Gasteiger partial charge in [-0.05, 0) is 109 Å². The molecule has 0 bridgehead atoms. The van der Waals surface area contributed by atoms with E-state index in [2.05, 4.69) is 0 Å². The van der Waals surface area contributed by atoms with Gasteiger partial charge in [-0.15, -0.1) is 0 Å². The quantitative estimate of drug-likeness (QED) is 0.139. The second-order valence-electron chi connectivity index (χ2n) is 13.4. The van der Waals surface area contributed by atoms with Crippen molar-refractivity contribution >= 4 is 32.3 Å². The molecule has 0 unspecified atom stereocenters. The van der Waals surface area contributed by atoms with Crippen molar-refractivity contribution in [2.24, 2.45) is 0 Å². The van der Waals surface area contributed by atoms with Crippen LogP contribution in [0.25, 0.3) is 76.8 Å². The number of halogens is 12. The van der Waals surface area contributed by atoms with Crippen LogP contribution < -0.4 is 0 Å². The fourth-order valence-corrected chi connectivity index (χ4v) is 7.53. The molecule has 0 saturated carbocycles. The van der Waals surface area contributed by atoms with E-state index >= 15 is 0 Å². The summed E-state index contributed by atoms with van der Waals surface area (Å²) in [4.78, 5) is 0. The topological polar surface area (TPSA) is 20.2 Å². The minimum Gasteiger partial charge on any atom is -0.507 e. The lowest BCUT2D eigenvalue weighted by Crippen LogP contribution is -2.05. The monoisotopic (exact) mass is 794 g/mol. The summed E-state index contributed by atoms with van der Waals surface area (Å²) in [6.45, 7) is 0. The number of benzene rings is 8. The molecule has 8 rings (SSSR count). The van der Waals surface area contributed by atoms with Gasteiger partial charge in [0, 0.05) is 16.5 Å². The average Bonchev–Trinajstić information content (AvgIpc) is 3.15. The van der Waals surface area contributed by atoms with Crippen molar-refractivity contribution in [2.75, 3.05) is 0 Å². The predicted octanol–water partition coefficient (Wildman–Crippen LogP) is 15.0. The molecule has 1 nitrogen and oxygen atoms in total. The first-order valence-electron chi connectivity index (χ1n) is 16.9. The predicted molar refractivity (Wildman–Crippen MR) is 194 cm³/mol. The summed E-state index contributed by atoms with van der Waals surface area (Å²) in [5.74, 6) is -0.577. The standard InChI is InChI=1S/C44H22F12O/c45-41(46,47)27-13-4-23(5-14-27)33-31-3-1-2-22-12-21-32-35(24-6-15-28(16-7-24)42(48,49)50)40(57)37(26-10-19-30(20-11-26)44(54,55)56)39(38(32)34(22)31)36(33)25-8-17-29(18-9-25)43(51,52)53/h1-21,57H. The Morgan fingerprint density at radius 2 is 0.649 bits per heavy atom. The molecule has 0 fully saturated rings. The Balaban J connectivity index is 1.60. The smallest absolute Gasteiger partial charge is 0.416 e. The first-order valence-corrected chi connectivity index (χ1v) is 16.9. The van der Waals surface area contributed by atoms with Gasteiger partial charge >= 0.3 is 24.7 Å². The number of hydrogen-bond donors (Lipinski definition) is 1. The molecule has 0 atom stereocenters.